The van der Waals surface area contributed by atoms with Crippen LogP contribution in [0.15, 0.2) is 18.2 Å². The predicted octanol–water partition coefficient (Wildman–Crippen LogP) is 1.96. The molecule has 1 aliphatic heterocycles. The SMILES string of the molecule is CNC(CC1CCNC1)c1cc(OC)ccc1OC. The molecule has 2 atom stereocenters. The summed E-state index contributed by atoms with van der Waals surface area (Å²) in [5, 5.41) is 6.83. The highest BCUT2D eigenvalue weighted by Gasteiger charge is 2.22. The molecule has 0 amide bonds. The molecule has 1 aromatic carbocycles. The van der Waals surface area contributed by atoms with Crippen LogP contribution in [0.3, 0.4) is 0 Å². The number of benzene rings is 1. The first-order chi connectivity index (χ1) is 9.28. The quantitative estimate of drug-likeness (QED) is 0.824. The maximum absolute atomic E-state index is 5.48. The van der Waals surface area contributed by atoms with Gasteiger partial charge in [0.25, 0.3) is 0 Å². The van der Waals surface area contributed by atoms with Crippen molar-refractivity contribution >= 4 is 0 Å². The lowest BCUT2D eigenvalue weighted by Crippen LogP contribution is -2.21. The van der Waals surface area contributed by atoms with Gasteiger partial charge in [0.15, 0.2) is 0 Å². The fourth-order valence-corrected chi connectivity index (χ4v) is 2.76. The topological polar surface area (TPSA) is 42.5 Å². The summed E-state index contributed by atoms with van der Waals surface area (Å²) in [5.74, 6) is 2.53. The third-order valence-corrected chi connectivity index (χ3v) is 3.89. The summed E-state index contributed by atoms with van der Waals surface area (Å²) in [6.45, 7) is 2.25. The van der Waals surface area contributed by atoms with E-state index in [0.717, 1.165) is 36.9 Å². The van der Waals surface area contributed by atoms with Crippen molar-refractivity contribution in [2.75, 3.05) is 34.4 Å². The molecule has 106 valence electrons. The van der Waals surface area contributed by atoms with E-state index in [1.165, 1.54) is 12.0 Å². The van der Waals surface area contributed by atoms with Gasteiger partial charge in [-0.3, -0.25) is 0 Å². The molecule has 2 rings (SSSR count). The van der Waals surface area contributed by atoms with E-state index >= 15 is 0 Å². The van der Waals surface area contributed by atoms with Crippen molar-refractivity contribution in [3.63, 3.8) is 0 Å². The number of hydrogen-bond donors (Lipinski definition) is 2. The molecule has 2 unspecified atom stereocenters. The van der Waals surface area contributed by atoms with Crippen LogP contribution in [-0.2, 0) is 0 Å². The summed E-state index contributed by atoms with van der Waals surface area (Å²) in [6, 6.07) is 6.29. The van der Waals surface area contributed by atoms with Gasteiger partial charge in [-0.2, -0.15) is 0 Å². The van der Waals surface area contributed by atoms with Crippen molar-refractivity contribution in [3.8, 4) is 11.5 Å². The Morgan fingerprint density at radius 1 is 1.37 bits per heavy atom. The van der Waals surface area contributed by atoms with Gasteiger partial charge >= 0.3 is 0 Å². The highest BCUT2D eigenvalue weighted by molar-refractivity contribution is 5.42. The van der Waals surface area contributed by atoms with E-state index < -0.39 is 0 Å². The monoisotopic (exact) mass is 264 g/mol. The van der Waals surface area contributed by atoms with Crippen LogP contribution >= 0.6 is 0 Å². The second kappa shape index (κ2) is 6.78. The second-order valence-electron chi connectivity index (χ2n) is 5.04. The summed E-state index contributed by atoms with van der Waals surface area (Å²) in [6.07, 6.45) is 2.37. The first kappa shape index (κ1) is 14.2. The van der Waals surface area contributed by atoms with Gasteiger partial charge in [-0.15, -0.1) is 0 Å². The Hall–Kier alpha value is -1.26. The standard InChI is InChI=1S/C15H24N2O2/c1-16-14(8-11-6-7-17-10-11)13-9-12(18-2)4-5-15(13)19-3/h4-5,9,11,14,16-17H,6-8,10H2,1-3H3. The summed E-state index contributed by atoms with van der Waals surface area (Å²) in [5.41, 5.74) is 1.18. The molecule has 0 aliphatic carbocycles. The van der Waals surface area contributed by atoms with Crippen molar-refractivity contribution in [1.82, 2.24) is 10.6 Å². The fraction of sp³-hybridized carbons (Fsp3) is 0.600. The van der Waals surface area contributed by atoms with Crippen LogP contribution in [0, 0.1) is 5.92 Å². The molecule has 2 N–H and O–H groups in total. The van der Waals surface area contributed by atoms with E-state index in [2.05, 4.69) is 16.7 Å². The van der Waals surface area contributed by atoms with Crippen molar-refractivity contribution in [2.24, 2.45) is 5.92 Å². The predicted molar refractivity (Wildman–Crippen MR) is 76.9 cm³/mol. The van der Waals surface area contributed by atoms with E-state index in [1.54, 1.807) is 14.2 Å². The number of ether oxygens (including phenoxy) is 2. The highest BCUT2D eigenvalue weighted by Crippen LogP contribution is 2.33. The van der Waals surface area contributed by atoms with Gasteiger partial charge in [0.2, 0.25) is 0 Å². The molecule has 1 fully saturated rings. The van der Waals surface area contributed by atoms with Crippen LogP contribution in [0.2, 0.25) is 0 Å². The van der Waals surface area contributed by atoms with Crippen LogP contribution in [0.5, 0.6) is 11.5 Å². The van der Waals surface area contributed by atoms with Crippen LogP contribution in [0.4, 0.5) is 0 Å². The Morgan fingerprint density at radius 3 is 2.79 bits per heavy atom. The Bertz CT molecular complexity index is 403. The lowest BCUT2D eigenvalue weighted by Gasteiger charge is -2.22. The molecular weight excluding hydrogens is 240 g/mol. The molecule has 0 aromatic heterocycles. The van der Waals surface area contributed by atoms with E-state index in [0.29, 0.717) is 6.04 Å². The van der Waals surface area contributed by atoms with Crippen molar-refractivity contribution < 1.29 is 9.47 Å². The van der Waals surface area contributed by atoms with Gasteiger partial charge in [0, 0.05) is 11.6 Å². The third-order valence-electron chi connectivity index (χ3n) is 3.89. The Balaban J connectivity index is 2.19. The van der Waals surface area contributed by atoms with Gasteiger partial charge in [-0.1, -0.05) is 0 Å². The zero-order valence-corrected chi connectivity index (χ0v) is 12.0. The van der Waals surface area contributed by atoms with Crippen LogP contribution in [0.25, 0.3) is 0 Å². The minimum Gasteiger partial charge on any atom is -0.497 e. The van der Waals surface area contributed by atoms with Crippen LogP contribution in [0.1, 0.15) is 24.4 Å². The molecular formula is C15H24N2O2. The molecule has 1 aliphatic rings. The average Bonchev–Trinajstić information content (AvgIpc) is 2.97. The number of methoxy groups -OCH3 is 2. The minimum absolute atomic E-state index is 0.301. The molecule has 1 heterocycles. The van der Waals surface area contributed by atoms with E-state index in [9.17, 15) is 0 Å². The van der Waals surface area contributed by atoms with E-state index in [1.807, 2.05) is 19.2 Å². The summed E-state index contributed by atoms with van der Waals surface area (Å²) in [7, 11) is 5.42. The Kier molecular flexibility index (Phi) is 5.05. The first-order valence-corrected chi connectivity index (χ1v) is 6.88. The molecule has 0 spiro atoms. The largest absolute Gasteiger partial charge is 0.497 e. The molecule has 1 aromatic rings. The molecule has 1 saturated heterocycles. The van der Waals surface area contributed by atoms with Gasteiger partial charge in [-0.05, 0) is 57.1 Å². The highest BCUT2D eigenvalue weighted by atomic mass is 16.5. The Morgan fingerprint density at radius 2 is 2.21 bits per heavy atom. The lowest BCUT2D eigenvalue weighted by molar-refractivity contribution is 0.376. The molecule has 4 nitrogen and oxygen atoms in total. The van der Waals surface area contributed by atoms with Gasteiger partial charge in [0.05, 0.1) is 14.2 Å². The van der Waals surface area contributed by atoms with Gasteiger partial charge < -0.3 is 20.1 Å². The molecule has 0 radical (unpaired) electrons. The number of nitrogens with one attached hydrogen (secondary N) is 2. The van der Waals surface area contributed by atoms with Gasteiger partial charge in [0.1, 0.15) is 11.5 Å². The summed E-state index contributed by atoms with van der Waals surface area (Å²) in [4.78, 5) is 0. The zero-order valence-electron chi connectivity index (χ0n) is 12.0. The summed E-state index contributed by atoms with van der Waals surface area (Å²) >= 11 is 0. The molecule has 19 heavy (non-hydrogen) atoms. The summed E-state index contributed by atoms with van der Waals surface area (Å²) < 4.78 is 10.8. The van der Waals surface area contributed by atoms with Crippen LogP contribution < -0.4 is 20.1 Å². The van der Waals surface area contributed by atoms with Crippen LogP contribution in [-0.4, -0.2) is 34.4 Å². The maximum Gasteiger partial charge on any atom is 0.123 e. The second-order valence-corrected chi connectivity index (χ2v) is 5.04. The molecule has 4 heteroatoms. The fourth-order valence-electron chi connectivity index (χ4n) is 2.76. The maximum atomic E-state index is 5.48. The lowest BCUT2D eigenvalue weighted by atomic mass is 9.93. The zero-order chi connectivity index (χ0) is 13.7. The van der Waals surface area contributed by atoms with E-state index in [-0.39, 0.29) is 0 Å². The third kappa shape index (κ3) is 3.39. The molecule has 0 saturated carbocycles. The average molecular weight is 264 g/mol. The van der Waals surface area contributed by atoms with Crippen molar-refractivity contribution in [1.29, 1.82) is 0 Å². The minimum atomic E-state index is 0.301. The normalized spacial score (nSPS) is 20.3. The van der Waals surface area contributed by atoms with E-state index in [4.69, 9.17) is 9.47 Å². The smallest absolute Gasteiger partial charge is 0.123 e. The van der Waals surface area contributed by atoms with Gasteiger partial charge in [-0.25, -0.2) is 0 Å². The van der Waals surface area contributed by atoms with Crippen molar-refractivity contribution in [2.45, 2.75) is 18.9 Å². The van der Waals surface area contributed by atoms with Crippen molar-refractivity contribution in [3.05, 3.63) is 23.8 Å². The number of hydrogen-bond acceptors (Lipinski definition) is 4. The first-order valence-electron chi connectivity index (χ1n) is 6.88. The number of rotatable bonds is 6. The molecule has 0 bridgehead atoms. The Labute approximate surface area is 115 Å².